The smallest absolute Gasteiger partial charge is 0.0900 e. The van der Waals surface area contributed by atoms with Gasteiger partial charge in [0.15, 0.2) is 0 Å². The van der Waals surface area contributed by atoms with Crippen molar-refractivity contribution in [2.45, 2.75) is 26.2 Å². The lowest BCUT2D eigenvalue weighted by atomic mass is 9.98. The van der Waals surface area contributed by atoms with Crippen molar-refractivity contribution >= 4 is 22.9 Å². The summed E-state index contributed by atoms with van der Waals surface area (Å²) in [4.78, 5) is 5.79. The van der Waals surface area contributed by atoms with Crippen molar-refractivity contribution in [2.24, 2.45) is 0 Å². The summed E-state index contributed by atoms with van der Waals surface area (Å²) in [5.41, 5.74) is 1.15. The molecule has 0 bridgehead atoms. The molecule has 0 aliphatic heterocycles. The second-order valence-corrected chi connectivity index (χ2v) is 5.15. The van der Waals surface area contributed by atoms with Crippen LogP contribution in [0.15, 0.2) is 23.3 Å². The number of aryl methyl sites for hydroxylation is 2. The summed E-state index contributed by atoms with van der Waals surface area (Å²) in [6.07, 6.45) is 7.24. The molecule has 0 fully saturated rings. The third-order valence-corrected chi connectivity index (χ3v) is 3.76. The van der Waals surface area contributed by atoms with Crippen LogP contribution in [0.2, 0.25) is 0 Å². The highest BCUT2D eigenvalue weighted by Gasteiger charge is 2.16. The summed E-state index contributed by atoms with van der Waals surface area (Å²) in [5, 5.41) is 1.98. The first-order valence-electron chi connectivity index (χ1n) is 4.64. The Hall–Kier alpha value is -0.600. The van der Waals surface area contributed by atoms with Gasteiger partial charge in [0.1, 0.15) is 0 Å². The molecule has 1 unspecified atom stereocenters. The first kappa shape index (κ1) is 9.94. The quantitative estimate of drug-likeness (QED) is 0.706. The Labute approximate surface area is 93.1 Å². The second kappa shape index (κ2) is 3.87. The Morgan fingerprint density at radius 2 is 2.29 bits per heavy atom. The summed E-state index contributed by atoms with van der Waals surface area (Å²) < 4.78 is 0. The van der Waals surface area contributed by atoms with Gasteiger partial charge in [-0.3, -0.25) is 0 Å². The van der Waals surface area contributed by atoms with Crippen LogP contribution in [0.1, 0.15) is 27.9 Å². The van der Waals surface area contributed by atoms with Crippen LogP contribution < -0.4 is 0 Å². The Balaban J connectivity index is 2.32. The van der Waals surface area contributed by atoms with E-state index in [2.05, 4.69) is 24.1 Å². The van der Waals surface area contributed by atoms with Gasteiger partial charge in [0.2, 0.25) is 0 Å². The summed E-state index contributed by atoms with van der Waals surface area (Å²) in [5.74, 6) is 0.429. The number of nitrogens with zero attached hydrogens (tertiary/aromatic N) is 1. The molecule has 14 heavy (non-hydrogen) atoms. The maximum Gasteiger partial charge on any atom is 0.0900 e. The van der Waals surface area contributed by atoms with E-state index in [4.69, 9.17) is 11.6 Å². The minimum atomic E-state index is 0.429. The predicted molar refractivity (Wildman–Crippen MR) is 62.0 cm³/mol. The van der Waals surface area contributed by atoms with E-state index in [0.717, 1.165) is 22.2 Å². The molecule has 0 radical (unpaired) electrons. The molecule has 0 aromatic carbocycles. The zero-order chi connectivity index (χ0) is 10.1. The maximum atomic E-state index is 5.98. The number of hydrogen-bond acceptors (Lipinski definition) is 2. The van der Waals surface area contributed by atoms with Gasteiger partial charge in [-0.2, -0.15) is 0 Å². The molecule has 1 heterocycles. The standard InChI is InChI=1S/C11H12ClNS/c1-7-11(14-8(2)13-7)9-4-3-5-10(12)6-9/h3,5-6,9H,4H2,1-2H3. The van der Waals surface area contributed by atoms with Crippen LogP contribution in [-0.2, 0) is 0 Å². The Morgan fingerprint density at radius 3 is 2.86 bits per heavy atom. The van der Waals surface area contributed by atoms with Gasteiger partial charge in [0.25, 0.3) is 0 Å². The Bertz CT molecular complexity index is 403. The van der Waals surface area contributed by atoms with Crippen LogP contribution in [-0.4, -0.2) is 4.98 Å². The number of halogens is 1. The van der Waals surface area contributed by atoms with Gasteiger partial charge in [0.05, 0.1) is 10.7 Å². The van der Waals surface area contributed by atoms with E-state index in [-0.39, 0.29) is 0 Å². The minimum absolute atomic E-state index is 0.429. The fourth-order valence-electron chi connectivity index (χ4n) is 1.72. The highest BCUT2D eigenvalue weighted by molar-refractivity contribution is 7.11. The van der Waals surface area contributed by atoms with Gasteiger partial charge < -0.3 is 0 Å². The van der Waals surface area contributed by atoms with Crippen molar-refractivity contribution in [1.82, 2.24) is 4.98 Å². The van der Waals surface area contributed by atoms with Crippen LogP contribution in [0.4, 0.5) is 0 Å². The lowest BCUT2D eigenvalue weighted by molar-refractivity contribution is 0.856. The van der Waals surface area contributed by atoms with Gasteiger partial charge in [-0.25, -0.2) is 4.98 Å². The normalized spacial score (nSPS) is 21.1. The molecule has 0 saturated heterocycles. The average Bonchev–Trinajstić information content (AvgIpc) is 2.45. The monoisotopic (exact) mass is 225 g/mol. The largest absolute Gasteiger partial charge is 0.247 e. The lowest BCUT2D eigenvalue weighted by Crippen LogP contribution is -1.96. The van der Waals surface area contributed by atoms with E-state index in [9.17, 15) is 0 Å². The topological polar surface area (TPSA) is 12.9 Å². The van der Waals surface area contributed by atoms with Crippen molar-refractivity contribution in [3.63, 3.8) is 0 Å². The maximum absolute atomic E-state index is 5.98. The molecular weight excluding hydrogens is 214 g/mol. The van der Waals surface area contributed by atoms with Crippen molar-refractivity contribution in [2.75, 3.05) is 0 Å². The van der Waals surface area contributed by atoms with Crippen LogP contribution >= 0.6 is 22.9 Å². The molecule has 1 aromatic rings. The van der Waals surface area contributed by atoms with Crippen molar-refractivity contribution < 1.29 is 0 Å². The van der Waals surface area contributed by atoms with Crippen molar-refractivity contribution in [3.05, 3.63) is 38.8 Å². The number of allylic oxidation sites excluding steroid dienone is 4. The van der Waals surface area contributed by atoms with E-state index in [1.54, 1.807) is 11.3 Å². The van der Waals surface area contributed by atoms with Crippen molar-refractivity contribution in [1.29, 1.82) is 0 Å². The Kier molecular flexibility index (Phi) is 2.75. The second-order valence-electron chi connectivity index (χ2n) is 3.48. The van der Waals surface area contributed by atoms with Crippen LogP contribution in [0.25, 0.3) is 0 Å². The molecule has 1 nitrogen and oxygen atoms in total. The number of hydrogen-bond donors (Lipinski definition) is 0. The molecule has 1 atom stereocenters. The van der Waals surface area contributed by atoms with E-state index in [1.165, 1.54) is 4.88 Å². The lowest BCUT2D eigenvalue weighted by Gasteiger charge is -2.12. The summed E-state index contributed by atoms with van der Waals surface area (Å²) in [6, 6.07) is 0. The summed E-state index contributed by atoms with van der Waals surface area (Å²) in [7, 11) is 0. The van der Waals surface area contributed by atoms with Crippen LogP contribution in [0.5, 0.6) is 0 Å². The number of rotatable bonds is 1. The SMILES string of the molecule is Cc1nc(C)c(C2C=C(Cl)C=CC2)s1. The van der Waals surface area contributed by atoms with E-state index in [1.807, 2.05) is 13.0 Å². The molecule has 1 aliphatic carbocycles. The number of thiazole rings is 1. The summed E-state index contributed by atoms with van der Waals surface area (Å²) >= 11 is 7.75. The van der Waals surface area contributed by atoms with Gasteiger partial charge in [0, 0.05) is 15.8 Å². The van der Waals surface area contributed by atoms with E-state index >= 15 is 0 Å². The summed E-state index contributed by atoms with van der Waals surface area (Å²) in [6.45, 7) is 4.12. The molecule has 0 amide bonds. The zero-order valence-corrected chi connectivity index (χ0v) is 9.82. The molecule has 3 heteroatoms. The molecule has 74 valence electrons. The average molecular weight is 226 g/mol. The van der Waals surface area contributed by atoms with Crippen molar-refractivity contribution in [3.8, 4) is 0 Å². The van der Waals surface area contributed by atoms with Gasteiger partial charge in [-0.1, -0.05) is 23.8 Å². The molecule has 0 spiro atoms. The van der Waals surface area contributed by atoms with E-state index in [0.29, 0.717) is 5.92 Å². The highest BCUT2D eigenvalue weighted by Crippen LogP contribution is 2.33. The predicted octanol–water partition coefficient (Wildman–Crippen LogP) is 3.93. The molecule has 2 rings (SSSR count). The third kappa shape index (κ3) is 1.91. The molecule has 1 aliphatic rings. The molecule has 1 aromatic heterocycles. The van der Waals surface area contributed by atoms with Gasteiger partial charge >= 0.3 is 0 Å². The highest BCUT2D eigenvalue weighted by atomic mass is 35.5. The van der Waals surface area contributed by atoms with Crippen LogP contribution in [0, 0.1) is 13.8 Å². The minimum Gasteiger partial charge on any atom is -0.247 e. The first-order chi connectivity index (χ1) is 6.66. The fourth-order valence-corrected chi connectivity index (χ4v) is 2.97. The molecule has 0 N–H and O–H groups in total. The molecular formula is C11H12ClNS. The Morgan fingerprint density at radius 1 is 1.50 bits per heavy atom. The van der Waals surface area contributed by atoms with Gasteiger partial charge in [-0.05, 0) is 26.3 Å². The fraction of sp³-hybridized carbons (Fsp3) is 0.364. The third-order valence-electron chi connectivity index (χ3n) is 2.30. The van der Waals surface area contributed by atoms with Gasteiger partial charge in [-0.15, -0.1) is 11.3 Å². The zero-order valence-electron chi connectivity index (χ0n) is 8.25. The first-order valence-corrected chi connectivity index (χ1v) is 5.84. The molecule has 0 saturated carbocycles. The number of aromatic nitrogens is 1. The van der Waals surface area contributed by atoms with E-state index < -0.39 is 0 Å². The van der Waals surface area contributed by atoms with Crippen LogP contribution in [0.3, 0.4) is 0 Å².